The number of aromatic nitrogens is 3. The fraction of sp³-hybridized carbons (Fsp3) is 0.308. The van der Waals surface area contributed by atoms with E-state index in [0.29, 0.717) is 22.8 Å². The van der Waals surface area contributed by atoms with Crippen LogP contribution >= 0.6 is 11.6 Å². The van der Waals surface area contributed by atoms with Crippen molar-refractivity contribution in [2.24, 2.45) is 0 Å². The maximum absolute atomic E-state index is 5.97. The van der Waals surface area contributed by atoms with Crippen molar-refractivity contribution in [3.63, 3.8) is 0 Å². The van der Waals surface area contributed by atoms with E-state index < -0.39 is 0 Å². The van der Waals surface area contributed by atoms with Gasteiger partial charge in [0, 0.05) is 17.6 Å². The fourth-order valence-electron chi connectivity index (χ4n) is 1.49. The summed E-state index contributed by atoms with van der Waals surface area (Å²) in [5, 5.41) is 3.52. The standard InChI is InChI=1S/C13H15ClN4O/c1-8(2)19-13-17-11(16-12(15-3)18-13)9-5-4-6-10(14)7-9/h4-8H,1-3H3,(H,15,16,17,18). The van der Waals surface area contributed by atoms with E-state index in [1.807, 2.05) is 26.0 Å². The monoisotopic (exact) mass is 278 g/mol. The molecule has 19 heavy (non-hydrogen) atoms. The van der Waals surface area contributed by atoms with Crippen LogP contribution in [0.3, 0.4) is 0 Å². The van der Waals surface area contributed by atoms with Gasteiger partial charge in [-0.1, -0.05) is 23.7 Å². The van der Waals surface area contributed by atoms with Gasteiger partial charge in [0.25, 0.3) is 0 Å². The van der Waals surface area contributed by atoms with E-state index in [1.54, 1.807) is 19.2 Å². The second kappa shape index (κ2) is 5.84. The number of ether oxygens (including phenoxy) is 1. The lowest BCUT2D eigenvalue weighted by atomic mass is 10.2. The smallest absolute Gasteiger partial charge is 0.322 e. The molecule has 0 bridgehead atoms. The van der Waals surface area contributed by atoms with Crippen molar-refractivity contribution < 1.29 is 4.74 Å². The van der Waals surface area contributed by atoms with Gasteiger partial charge < -0.3 is 10.1 Å². The van der Waals surface area contributed by atoms with Gasteiger partial charge in [0.1, 0.15) is 0 Å². The molecule has 1 aromatic carbocycles. The average Bonchev–Trinajstić information content (AvgIpc) is 2.37. The molecule has 0 aliphatic rings. The molecule has 6 heteroatoms. The zero-order chi connectivity index (χ0) is 13.8. The molecule has 1 heterocycles. The summed E-state index contributed by atoms with van der Waals surface area (Å²) in [4.78, 5) is 12.7. The fourth-order valence-corrected chi connectivity index (χ4v) is 1.68. The molecule has 0 saturated heterocycles. The molecular weight excluding hydrogens is 264 g/mol. The predicted molar refractivity (Wildman–Crippen MR) is 75.6 cm³/mol. The van der Waals surface area contributed by atoms with Crippen LogP contribution in [0.4, 0.5) is 5.95 Å². The van der Waals surface area contributed by atoms with Gasteiger partial charge in [-0.3, -0.25) is 0 Å². The lowest BCUT2D eigenvalue weighted by molar-refractivity contribution is 0.222. The van der Waals surface area contributed by atoms with E-state index in [4.69, 9.17) is 16.3 Å². The topological polar surface area (TPSA) is 59.9 Å². The van der Waals surface area contributed by atoms with E-state index in [1.165, 1.54) is 0 Å². The molecule has 2 aromatic rings. The summed E-state index contributed by atoms with van der Waals surface area (Å²) in [6.07, 6.45) is -0.000632. The number of anilines is 1. The van der Waals surface area contributed by atoms with Gasteiger partial charge in [0.2, 0.25) is 5.95 Å². The third kappa shape index (κ3) is 3.54. The molecule has 0 atom stereocenters. The number of nitrogens with one attached hydrogen (secondary N) is 1. The molecule has 0 unspecified atom stereocenters. The highest BCUT2D eigenvalue weighted by Gasteiger charge is 2.10. The highest BCUT2D eigenvalue weighted by molar-refractivity contribution is 6.30. The first-order valence-electron chi connectivity index (χ1n) is 5.95. The van der Waals surface area contributed by atoms with E-state index in [2.05, 4.69) is 20.3 Å². The van der Waals surface area contributed by atoms with Gasteiger partial charge in [0.05, 0.1) is 6.10 Å². The summed E-state index contributed by atoms with van der Waals surface area (Å²) in [5.74, 6) is 0.984. The van der Waals surface area contributed by atoms with Gasteiger partial charge in [-0.25, -0.2) is 0 Å². The summed E-state index contributed by atoms with van der Waals surface area (Å²) in [7, 11) is 1.75. The van der Waals surface area contributed by atoms with Gasteiger partial charge in [-0.2, -0.15) is 15.0 Å². The molecule has 0 amide bonds. The summed E-state index contributed by atoms with van der Waals surface area (Å²) in [6, 6.07) is 7.64. The van der Waals surface area contributed by atoms with E-state index in [0.717, 1.165) is 5.56 Å². The summed E-state index contributed by atoms with van der Waals surface area (Å²) in [6.45, 7) is 3.84. The third-order valence-corrected chi connectivity index (χ3v) is 2.50. The second-order valence-electron chi connectivity index (χ2n) is 4.19. The van der Waals surface area contributed by atoms with Crippen molar-refractivity contribution in [2.45, 2.75) is 20.0 Å². The van der Waals surface area contributed by atoms with Crippen LogP contribution in [0.5, 0.6) is 6.01 Å². The Morgan fingerprint density at radius 1 is 1.21 bits per heavy atom. The first-order chi connectivity index (χ1) is 9.08. The first kappa shape index (κ1) is 13.5. The molecule has 0 spiro atoms. The summed E-state index contributed by atoms with van der Waals surface area (Å²) < 4.78 is 5.51. The Hall–Kier alpha value is -1.88. The maximum atomic E-state index is 5.97. The Morgan fingerprint density at radius 2 is 2.00 bits per heavy atom. The van der Waals surface area contributed by atoms with Crippen molar-refractivity contribution in [1.82, 2.24) is 15.0 Å². The summed E-state index contributed by atoms with van der Waals surface area (Å²) >= 11 is 5.97. The van der Waals surface area contributed by atoms with Gasteiger partial charge >= 0.3 is 6.01 Å². The van der Waals surface area contributed by atoms with Crippen LogP contribution in [0.2, 0.25) is 5.02 Å². The van der Waals surface area contributed by atoms with Crippen molar-refractivity contribution in [3.05, 3.63) is 29.3 Å². The van der Waals surface area contributed by atoms with Crippen LogP contribution in [0, 0.1) is 0 Å². The number of hydrogen-bond donors (Lipinski definition) is 1. The Bertz CT molecular complexity index is 574. The van der Waals surface area contributed by atoms with Crippen molar-refractivity contribution in [2.75, 3.05) is 12.4 Å². The normalized spacial score (nSPS) is 10.6. The highest BCUT2D eigenvalue weighted by Crippen LogP contribution is 2.22. The molecule has 0 aliphatic carbocycles. The second-order valence-corrected chi connectivity index (χ2v) is 4.63. The SMILES string of the molecule is CNc1nc(OC(C)C)nc(-c2cccc(Cl)c2)n1. The molecule has 0 saturated carbocycles. The molecule has 1 N–H and O–H groups in total. The zero-order valence-electron chi connectivity index (χ0n) is 11.0. The van der Waals surface area contributed by atoms with Crippen molar-refractivity contribution >= 4 is 17.5 Å². The van der Waals surface area contributed by atoms with E-state index in [9.17, 15) is 0 Å². The van der Waals surface area contributed by atoms with Crippen molar-refractivity contribution in [1.29, 1.82) is 0 Å². The van der Waals surface area contributed by atoms with Crippen LogP contribution in [-0.4, -0.2) is 28.1 Å². The molecule has 5 nitrogen and oxygen atoms in total. The van der Waals surface area contributed by atoms with Crippen LogP contribution in [-0.2, 0) is 0 Å². The average molecular weight is 279 g/mol. The molecule has 0 radical (unpaired) electrons. The minimum absolute atomic E-state index is 0.000632. The van der Waals surface area contributed by atoms with Gasteiger partial charge in [0.15, 0.2) is 5.82 Å². The van der Waals surface area contributed by atoms with Crippen LogP contribution < -0.4 is 10.1 Å². The Kier molecular flexibility index (Phi) is 4.16. The molecule has 2 rings (SSSR count). The van der Waals surface area contributed by atoms with Crippen LogP contribution in [0.25, 0.3) is 11.4 Å². The quantitative estimate of drug-likeness (QED) is 0.931. The number of nitrogens with zero attached hydrogens (tertiary/aromatic N) is 3. The molecule has 1 aromatic heterocycles. The highest BCUT2D eigenvalue weighted by atomic mass is 35.5. The largest absolute Gasteiger partial charge is 0.461 e. The van der Waals surface area contributed by atoms with E-state index >= 15 is 0 Å². The third-order valence-electron chi connectivity index (χ3n) is 2.26. The first-order valence-corrected chi connectivity index (χ1v) is 6.32. The molecule has 0 aliphatic heterocycles. The molecule has 100 valence electrons. The van der Waals surface area contributed by atoms with Crippen molar-refractivity contribution in [3.8, 4) is 17.4 Å². The Balaban J connectivity index is 2.44. The van der Waals surface area contributed by atoms with Gasteiger partial charge in [-0.15, -0.1) is 0 Å². The van der Waals surface area contributed by atoms with Crippen LogP contribution in [0.1, 0.15) is 13.8 Å². The lowest BCUT2D eigenvalue weighted by Crippen LogP contribution is -2.11. The number of hydrogen-bond acceptors (Lipinski definition) is 5. The van der Waals surface area contributed by atoms with Crippen LogP contribution in [0.15, 0.2) is 24.3 Å². The van der Waals surface area contributed by atoms with E-state index in [-0.39, 0.29) is 6.10 Å². The molecule has 0 fully saturated rings. The number of benzene rings is 1. The zero-order valence-corrected chi connectivity index (χ0v) is 11.8. The number of rotatable bonds is 4. The molecular formula is C13H15ClN4O. The minimum Gasteiger partial charge on any atom is -0.461 e. The maximum Gasteiger partial charge on any atom is 0.322 e. The Morgan fingerprint density at radius 3 is 2.63 bits per heavy atom. The Labute approximate surface area is 117 Å². The minimum atomic E-state index is -0.000632. The summed E-state index contributed by atoms with van der Waals surface area (Å²) in [5.41, 5.74) is 0.819. The predicted octanol–water partition coefficient (Wildman–Crippen LogP) is 3.02. The van der Waals surface area contributed by atoms with Gasteiger partial charge in [-0.05, 0) is 26.0 Å². The number of halogens is 1. The lowest BCUT2D eigenvalue weighted by Gasteiger charge is -2.10.